The Hall–Kier alpha value is -2.10. The first-order chi connectivity index (χ1) is 9.52. The molecule has 0 radical (unpaired) electrons. The number of H-pyrrole nitrogens is 1. The Labute approximate surface area is 126 Å². The zero-order chi connectivity index (χ0) is 14.7. The van der Waals surface area contributed by atoms with E-state index in [2.05, 4.69) is 9.97 Å². The van der Waals surface area contributed by atoms with Crippen LogP contribution >= 0.6 is 22.6 Å². The quantitative estimate of drug-likeness (QED) is 0.776. The van der Waals surface area contributed by atoms with Crippen LogP contribution in [0.5, 0.6) is 17.4 Å². The van der Waals surface area contributed by atoms with Crippen molar-refractivity contribution in [2.45, 2.75) is 0 Å². The van der Waals surface area contributed by atoms with Gasteiger partial charge in [-0.15, -0.1) is 0 Å². The zero-order valence-corrected chi connectivity index (χ0v) is 12.4. The molecular weight excluding hydrogens is 379 g/mol. The van der Waals surface area contributed by atoms with Crippen molar-refractivity contribution in [3.8, 4) is 17.4 Å². The summed E-state index contributed by atoms with van der Waals surface area (Å²) in [4.78, 5) is 28.9. The highest BCUT2D eigenvalue weighted by Crippen LogP contribution is 2.28. The fourth-order valence-electron chi connectivity index (χ4n) is 1.43. The van der Waals surface area contributed by atoms with E-state index in [1.807, 2.05) is 0 Å². The number of hydrogen-bond acceptors (Lipinski definition) is 5. The molecule has 8 heteroatoms. The highest BCUT2D eigenvalue weighted by molar-refractivity contribution is 14.1. The summed E-state index contributed by atoms with van der Waals surface area (Å²) in [6.45, 7) is 0. The van der Waals surface area contributed by atoms with E-state index in [-0.39, 0.29) is 26.3 Å². The lowest BCUT2D eigenvalue weighted by molar-refractivity contribution is 0.0693. The second-order valence-corrected chi connectivity index (χ2v) is 4.70. The molecule has 0 unspecified atom stereocenters. The molecule has 2 N–H and O–H groups in total. The number of nitrogens with one attached hydrogen (secondary N) is 1. The van der Waals surface area contributed by atoms with Gasteiger partial charge in [0.25, 0.3) is 5.56 Å². The topological polar surface area (TPSA) is 102 Å². The minimum absolute atomic E-state index is 0.0435. The molecule has 1 aromatic heterocycles. The number of aromatic nitrogens is 2. The highest BCUT2D eigenvalue weighted by Gasteiger charge is 2.16. The van der Waals surface area contributed by atoms with Crippen LogP contribution in [0.4, 0.5) is 0 Å². The van der Waals surface area contributed by atoms with Gasteiger partial charge in [-0.05, 0) is 40.8 Å². The fraction of sp³-hybridized carbons (Fsp3) is 0.0833. The fourth-order valence-corrected chi connectivity index (χ4v) is 1.84. The normalized spacial score (nSPS) is 10.1. The smallest absolute Gasteiger partial charge is 0.339 e. The van der Waals surface area contributed by atoms with Crippen LogP contribution in [0.15, 0.2) is 29.3 Å². The predicted octanol–water partition coefficient (Wildman–Crippen LogP) is 1.87. The lowest BCUT2D eigenvalue weighted by Crippen LogP contribution is -2.12. The van der Waals surface area contributed by atoms with Crippen LogP contribution in [-0.4, -0.2) is 28.2 Å². The number of carboxylic acids is 1. The zero-order valence-electron chi connectivity index (χ0n) is 10.2. The highest BCUT2D eigenvalue weighted by atomic mass is 127. The molecule has 0 spiro atoms. The van der Waals surface area contributed by atoms with Gasteiger partial charge < -0.3 is 19.6 Å². The summed E-state index contributed by atoms with van der Waals surface area (Å²) in [5, 5.41) is 9.16. The summed E-state index contributed by atoms with van der Waals surface area (Å²) >= 11 is 1.77. The van der Waals surface area contributed by atoms with E-state index >= 15 is 0 Å². The predicted molar refractivity (Wildman–Crippen MR) is 77.6 cm³/mol. The number of nitrogens with zero attached hydrogens (tertiary/aromatic N) is 1. The van der Waals surface area contributed by atoms with Crippen LogP contribution in [0.25, 0.3) is 0 Å². The number of benzene rings is 1. The summed E-state index contributed by atoms with van der Waals surface area (Å²) in [6.07, 6.45) is 1.18. The van der Waals surface area contributed by atoms with Gasteiger partial charge >= 0.3 is 5.97 Å². The molecule has 20 heavy (non-hydrogen) atoms. The van der Waals surface area contributed by atoms with Crippen LogP contribution in [0.2, 0.25) is 0 Å². The van der Waals surface area contributed by atoms with E-state index in [9.17, 15) is 9.59 Å². The minimum Gasteiger partial charge on any atom is -0.497 e. The summed E-state index contributed by atoms with van der Waals surface area (Å²) in [7, 11) is 1.43. The summed E-state index contributed by atoms with van der Waals surface area (Å²) in [5.74, 6) is -0.654. The van der Waals surface area contributed by atoms with Gasteiger partial charge in [0, 0.05) is 0 Å². The van der Waals surface area contributed by atoms with E-state index < -0.39 is 5.97 Å². The van der Waals surface area contributed by atoms with E-state index in [0.717, 1.165) is 0 Å². The number of aromatic amines is 1. The lowest BCUT2D eigenvalue weighted by atomic mass is 10.2. The molecule has 1 aromatic carbocycles. The SMILES string of the molecule is COc1ccc(Oc2nc[nH]c(=O)c2I)c(C(=O)O)c1. The van der Waals surface area contributed by atoms with Crippen LogP contribution in [0, 0.1) is 3.57 Å². The molecule has 0 saturated heterocycles. The molecule has 0 saturated carbocycles. The van der Waals surface area contributed by atoms with Crippen LogP contribution in [0.1, 0.15) is 10.4 Å². The Kier molecular flexibility index (Phi) is 4.23. The average Bonchev–Trinajstić information content (AvgIpc) is 2.44. The van der Waals surface area contributed by atoms with Crippen molar-refractivity contribution in [2.24, 2.45) is 0 Å². The van der Waals surface area contributed by atoms with Crippen molar-refractivity contribution in [2.75, 3.05) is 7.11 Å². The molecule has 0 aliphatic carbocycles. The van der Waals surface area contributed by atoms with Gasteiger partial charge in [-0.1, -0.05) is 0 Å². The van der Waals surface area contributed by atoms with Crippen molar-refractivity contribution in [3.05, 3.63) is 44.0 Å². The first-order valence-corrected chi connectivity index (χ1v) is 6.43. The van der Waals surface area contributed by atoms with E-state index in [1.54, 1.807) is 28.7 Å². The Balaban J connectivity index is 2.45. The third-order valence-electron chi connectivity index (χ3n) is 2.39. The number of carbonyl (C=O) groups is 1. The van der Waals surface area contributed by atoms with E-state index in [0.29, 0.717) is 5.75 Å². The molecular formula is C12H9IN2O5. The molecule has 2 rings (SSSR count). The van der Waals surface area contributed by atoms with Crippen LogP contribution in [-0.2, 0) is 0 Å². The maximum absolute atomic E-state index is 11.4. The van der Waals surface area contributed by atoms with Crippen molar-refractivity contribution >= 4 is 28.6 Å². The molecule has 0 fully saturated rings. The number of aromatic carboxylic acids is 1. The van der Waals surface area contributed by atoms with Gasteiger partial charge in [-0.25, -0.2) is 9.78 Å². The molecule has 0 amide bonds. The van der Waals surface area contributed by atoms with Gasteiger partial charge in [-0.3, -0.25) is 4.79 Å². The monoisotopic (exact) mass is 388 g/mol. The first kappa shape index (κ1) is 14.3. The number of methoxy groups -OCH3 is 1. The lowest BCUT2D eigenvalue weighted by Gasteiger charge is -2.10. The Bertz CT molecular complexity index is 713. The average molecular weight is 388 g/mol. The van der Waals surface area contributed by atoms with Crippen molar-refractivity contribution < 1.29 is 19.4 Å². The van der Waals surface area contributed by atoms with Crippen molar-refractivity contribution in [1.29, 1.82) is 0 Å². The largest absolute Gasteiger partial charge is 0.497 e. The number of hydrogen-bond donors (Lipinski definition) is 2. The molecule has 0 bridgehead atoms. The Morgan fingerprint density at radius 2 is 2.20 bits per heavy atom. The van der Waals surface area contributed by atoms with Gasteiger partial charge in [0.05, 0.1) is 13.4 Å². The Morgan fingerprint density at radius 3 is 2.85 bits per heavy atom. The maximum atomic E-state index is 11.4. The number of carboxylic acid groups (broad SMARTS) is 1. The van der Waals surface area contributed by atoms with Crippen LogP contribution in [0.3, 0.4) is 0 Å². The molecule has 0 atom stereocenters. The van der Waals surface area contributed by atoms with Crippen LogP contribution < -0.4 is 15.0 Å². The third kappa shape index (κ3) is 2.90. The van der Waals surface area contributed by atoms with Crippen molar-refractivity contribution in [3.63, 3.8) is 0 Å². The molecule has 2 aromatic rings. The van der Waals surface area contributed by atoms with Gasteiger partial charge in [0.1, 0.15) is 20.6 Å². The van der Waals surface area contributed by atoms with Gasteiger partial charge in [0.2, 0.25) is 5.88 Å². The molecule has 104 valence electrons. The first-order valence-electron chi connectivity index (χ1n) is 5.35. The maximum Gasteiger partial charge on any atom is 0.339 e. The standard InChI is InChI=1S/C12H9IN2O5/c1-19-6-2-3-8(7(4-6)12(17)18)20-11-9(13)10(16)14-5-15-11/h2-5H,1H3,(H,17,18)(H,14,15,16). The number of halogens is 1. The third-order valence-corrected chi connectivity index (χ3v) is 3.34. The number of ether oxygens (including phenoxy) is 2. The molecule has 0 aliphatic heterocycles. The van der Waals surface area contributed by atoms with Crippen molar-refractivity contribution in [1.82, 2.24) is 9.97 Å². The molecule has 7 nitrogen and oxygen atoms in total. The van der Waals surface area contributed by atoms with Gasteiger partial charge in [0.15, 0.2) is 0 Å². The second-order valence-electron chi connectivity index (χ2n) is 3.62. The minimum atomic E-state index is -1.17. The van der Waals surface area contributed by atoms with E-state index in [1.165, 1.54) is 25.6 Å². The molecule has 1 heterocycles. The van der Waals surface area contributed by atoms with E-state index in [4.69, 9.17) is 14.6 Å². The molecule has 0 aliphatic rings. The summed E-state index contributed by atoms with van der Waals surface area (Å²) in [6, 6.07) is 4.33. The van der Waals surface area contributed by atoms with Gasteiger partial charge in [-0.2, -0.15) is 0 Å². The summed E-state index contributed by atoms with van der Waals surface area (Å²) in [5.41, 5.74) is -0.441. The Morgan fingerprint density at radius 1 is 1.45 bits per heavy atom. The summed E-state index contributed by atoms with van der Waals surface area (Å²) < 4.78 is 10.6. The number of rotatable bonds is 4. The second kappa shape index (κ2) is 5.90.